The summed E-state index contributed by atoms with van der Waals surface area (Å²) in [6.07, 6.45) is 2.81. The van der Waals surface area contributed by atoms with E-state index < -0.39 is 10.0 Å². The number of rotatable bonds is 4. The molecule has 3 aliphatic heterocycles. The zero-order chi connectivity index (χ0) is 23.0. The number of carbonyl (C=O) groups excluding carboxylic acids is 1. The first-order valence-corrected chi connectivity index (χ1v) is 12.8. The first kappa shape index (κ1) is 22.1. The van der Waals surface area contributed by atoms with E-state index in [0.717, 1.165) is 12.8 Å². The largest absolute Gasteiger partial charge is 0.486 e. The lowest BCUT2D eigenvalue weighted by Crippen LogP contribution is -2.46. The van der Waals surface area contributed by atoms with E-state index in [1.54, 1.807) is 19.1 Å². The minimum absolute atomic E-state index is 0.0552. The van der Waals surface area contributed by atoms with Crippen molar-refractivity contribution in [3.63, 3.8) is 0 Å². The Labute approximate surface area is 192 Å². The van der Waals surface area contributed by atoms with E-state index in [-0.39, 0.29) is 22.6 Å². The van der Waals surface area contributed by atoms with Gasteiger partial charge in [-0.25, -0.2) is 8.42 Å². The average Bonchev–Trinajstić information content (AvgIpc) is 3.29. The summed E-state index contributed by atoms with van der Waals surface area (Å²) < 4.78 is 44.1. The number of benzene rings is 1. The molecule has 1 unspecified atom stereocenters. The highest BCUT2D eigenvalue weighted by atomic mass is 32.2. The Kier molecular flexibility index (Phi) is 6.00. The summed E-state index contributed by atoms with van der Waals surface area (Å²) in [5.74, 6) is 2.15. The van der Waals surface area contributed by atoms with Crippen LogP contribution in [0.1, 0.15) is 43.3 Å². The number of hydrogen-bond donors (Lipinski definition) is 0. The first-order valence-electron chi connectivity index (χ1n) is 11.4. The van der Waals surface area contributed by atoms with Crippen molar-refractivity contribution in [1.82, 2.24) is 19.3 Å². The van der Waals surface area contributed by atoms with Crippen LogP contribution in [0.25, 0.3) is 0 Å². The van der Waals surface area contributed by atoms with Crippen LogP contribution < -0.4 is 9.47 Å². The van der Waals surface area contributed by atoms with Crippen molar-refractivity contribution in [1.29, 1.82) is 0 Å². The maximum absolute atomic E-state index is 13.2. The molecule has 178 valence electrons. The van der Waals surface area contributed by atoms with E-state index in [1.807, 2.05) is 4.90 Å². The standard InChI is InChI=1S/C22H28N4O6S/c1-15-23-21(32-24-15)17-3-2-8-25(14-17)22(27)16-6-9-26(10-7-16)33(28,29)18-4-5-19-20(13-18)31-12-11-30-19/h4-5,13,16-17H,2-3,6-12,14H2,1H3. The van der Waals surface area contributed by atoms with E-state index in [9.17, 15) is 13.2 Å². The van der Waals surface area contributed by atoms with Crippen molar-refractivity contribution in [3.8, 4) is 11.5 Å². The molecule has 5 rings (SSSR count). The van der Waals surface area contributed by atoms with Crippen molar-refractivity contribution < 1.29 is 27.2 Å². The summed E-state index contributed by atoms with van der Waals surface area (Å²) in [4.78, 5) is 19.6. The second kappa shape index (κ2) is 8.94. The molecule has 33 heavy (non-hydrogen) atoms. The third-order valence-corrected chi connectivity index (χ3v) is 8.47. The quantitative estimate of drug-likeness (QED) is 0.658. The third-order valence-electron chi connectivity index (χ3n) is 6.58. The summed E-state index contributed by atoms with van der Waals surface area (Å²) in [5, 5.41) is 3.86. The maximum Gasteiger partial charge on any atom is 0.243 e. The monoisotopic (exact) mass is 476 g/mol. The second-order valence-electron chi connectivity index (χ2n) is 8.79. The Hall–Kier alpha value is -2.66. The first-order chi connectivity index (χ1) is 15.9. The number of aryl methyl sites for hydroxylation is 1. The molecule has 0 radical (unpaired) electrons. The lowest BCUT2D eigenvalue weighted by atomic mass is 9.93. The number of sulfonamides is 1. The molecule has 0 N–H and O–H groups in total. The molecule has 2 aromatic rings. The van der Waals surface area contributed by atoms with Crippen LogP contribution in [0, 0.1) is 12.8 Å². The van der Waals surface area contributed by atoms with Gasteiger partial charge in [0.05, 0.1) is 10.8 Å². The Morgan fingerprint density at radius 1 is 1.06 bits per heavy atom. The second-order valence-corrected chi connectivity index (χ2v) is 10.7. The van der Waals surface area contributed by atoms with E-state index in [1.165, 1.54) is 10.4 Å². The van der Waals surface area contributed by atoms with Gasteiger partial charge in [-0.1, -0.05) is 5.16 Å². The number of likely N-dealkylation sites (tertiary alicyclic amines) is 1. The van der Waals surface area contributed by atoms with Crippen LogP contribution in [0.15, 0.2) is 27.6 Å². The van der Waals surface area contributed by atoms with Gasteiger partial charge in [0.1, 0.15) is 13.2 Å². The van der Waals surface area contributed by atoms with Gasteiger partial charge >= 0.3 is 0 Å². The smallest absolute Gasteiger partial charge is 0.243 e. The zero-order valence-electron chi connectivity index (χ0n) is 18.6. The van der Waals surface area contributed by atoms with E-state index in [4.69, 9.17) is 14.0 Å². The number of piperidine rings is 2. The minimum Gasteiger partial charge on any atom is -0.486 e. The topological polar surface area (TPSA) is 115 Å². The Morgan fingerprint density at radius 3 is 2.55 bits per heavy atom. The fraction of sp³-hybridized carbons (Fsp3) is 0.591. The number of amides is 1. The van der Waals surface area contributed by atoms with E-state index in [2.05, 4.69) is 10.1 Å². The molecule has 0 saturated carbocycles. The highest BCUT2D eigenvalue weighted by molar-refractivity contribution is 7.89. The highest BCUT2D eigenvalue weighted by Gasteiger charge is 2.36. The van der Waals surface area contributed by atoms with Crippen molar-refractivity contribution in [3.05, 3.63) is 29.9 Å². The van der Waals surface area contributed by atoms with Crippen LogP contribution in [0.2, 0.25) is 0 Å². The van der Waals surface area contributed by atoms with Crippen molar-refractivity contribution in [2.75, 3.05) is 39.4 Å². The Balaban J connectivity index is 1.21. The molecule has 4 heterocycles. The maximum atomic E-state index is 13.2. The number of nitrogens with zero attached hydrogens (tertiary/aromatic N) is 4. The predicted octanol–water partition coefficient (Wildman–Crippen LogP) is 1.96. The molecule has 3 aliphatic rings. The molecule has 1 aromatic carbocycles. The molecular formula is C22H28N4O6S. The van der Waals surface area contributed by atoms with E-state index in [0.29, 0.717) is 75.4 Å². The minimum atomic E-state index is -3.67. The van der Waals surface area contributed by atoms with Crippen LogP contribution in [0.5, 0.6) is 11.5 Å². The number of ether oxygens (including phenoxy) is 2. The predicted molar refractivity (Wildman–Crippen MR) is 117 cm³/mol. The van der Waals surface area contributed by atoms with Gasteiger partial charge in [0.25, 0.3) is 0 Å². The zero-order valence-corrected chi connectivity index (χ0v) is 19.4. The van der Waals surface area contributed by atoms with Crippen LogP contribution in [-0.2, 0) is 14.8 Å². The van der Waals surface area contributed by atoms with Crippen molar-refractivity contribution >= 4 is 15.9 Å². The summed E-state index contributed by atoms with van der Waals surface area (Å²) in [5.41, 5.74) is 0. The third kappa shape index (κ3) is 4.43. The SMILES string of the molecule is Cc1noc(C2CCCN(C(=O)C3CCN(S(=O)(=O)c4ccc5c(c4)OCCO5)CC3)C2)n1. The van der Waals surface area contributed by atoms with Gasteiger partial charge in [-0.2, -0.15) is 9.29 Å². The number of hydrogen-bond acceptors (Lipinski definition) is 8. The van der Waals surface area contributed by atoms with Gasteiger partial charge in [0, 0.05) is 38.2 Å². The fourth-order valence-electron chi connectivity index (χ4n) is 4.79. The Morgan fingerprint density at radius 2 is 1.82 bits per heavy atom. The normalized spacial score (nSPS) is 22.3. The van der Waals surface area contributed by atoms with Gasteiger partial charge in [-0.15, -0.1) is 0 Å². The van der Waals surface area contributed by atoms with Crippen LogP contribution >= 0.6 is 0 Å². The highest BCUT2D eigenvalue weighted by Crippen LogP contribution is 2.34. The van der Waals surface area contributed by atoms with Crippen LogP contribution in [0.3, 0.4) is 0 Å². The lowest BCUT2D eigenvalue weighted by Gasteiger charge is -2.36. The number of fused-ring (bicyclic) bond motifs is 1. The molecule has 1 atom stereocenters. The molecule has 11 heteroatoms. The van der Waals surface area contributed by atoms with E-state index >= 15 is 0 Å². The average molecular weight is 477 g/mol. The van der Waals surface area contributed by atoms with Gasteiger partial charge in [-0.05, 0) is 44.7 Å². The molecule has 2 fully saturated rings. The van der Waals surface area contributed by atoms with Crippen LogP contribution in [0.4, 0.5) is 0 Å². The van der Waals surface area contributed by atoms with Crippen molar-refractivity contribution in [2.45, 2.75) is 43.4 Å². The lowest BCUT2D eigenvalue weighted by molar-refractivity contribution is -0.138. The fourth-order valence-corrected chi connectivity index (χ4v) is 6.28. The molecule has 1 amide bonds. The molecular weight excluding hydrogens is 448 g/mol. The molecule has 10 nitrogen and oxygen atoms in total. The van der Waals surface area contributed by atoms with Gasteiger partial charge in [0.2, 0.25) is 21.8 Å². The summed E-state index contributed by atoms with van der Waals surface area (Å²) in [6, 6.07) is 4.71. The summed E-state index contributed by atoms with van der Waals surface area (Å²) >= 11 is 0. The summed E-state index contributed by atoms with van der Waals surface area (Å²) in [6.45, 7) is 4.53. The molecule has 0 aliphatic carbocycles. The number of aromatic nitrogens is 2. The molecule has 0 spiro atoms. The van der Waals surface area contributed by atoms with Gasteiger partial charge < -0.3 is 18.9 Å². The molecule has 1 aromatic heterocycles. The van der Waals surface area contributed by atoms with Crippen molar-refractivity contribution in [2.24, 2.45) is 5.92 Å². The summed E-state index contributed by atoms with van der Waals surface area (Å²) in [7, 11) is -3.67. The van der Waals surface area contributed by atoms with Gasteiger partial charge in [0.15, 0.2) is 17.3 Å². The molecule has 2 saturated heterocycles. The Bertz CT molecular complexity index is 1130. The molecule has 0 bridgehead atoms. The van der Waals surface area contributed by atoms with Crippen LogP contribution in [-0.4, -0.2) is 73.1 Å². The number of carbonyl (C=O) groups is 1. The van der Waals surface area contributed by atoms with Gasteiger partial charge in [-0.3, -0.25) is 4.79 Å².